The SMILES string of the molecule is CC(C)c1cc(CO)nnc1Cl. The Kier molecular flexibility index (Phi) is 3.00. The van der Waals surface area contributed by atoms with Crippen molar-refractivity contribution in [2.75, 3.05) is 0 Å². The van der Waals surface area contributed by atoms with Gasteiger partial charge in [-0.3, -0.25) is 0 Å². The highest BCUT2D eigenvalue weighted by atomic mass is 35.5. The van der Waals surface area contributed by atoms with Crippen LogP contribution in [0.15, 0.2) is 6.07 Å². The molecule has 4 heteroatoms. The molecule has 0 atom stereocenters. The van der Waals surface area contributed by atoms with Gasteiger partial charge in [0.2, 0.25) is 0 Å². The minimum absolute atomic E-state index is 0.0934. The zero-order chi connectivity index (χ0) is 9.14. The molecular weight excluding hydrogens is 176 g/mol. The zero-order valence-electron chi connectivity index (χ0n) is 7.08. The summed E-state index contributed by atoms with van der Waals surface area (Å²) in [5, 5.41) is 16.6. The summed E-state index contributed by atoms with van der Waals surface area (Å²) in [6.45, 7) is 3.94. The third kappa shape index (κ3) is 1.93. The number of aromatic nitrogens is 2. The van der Waals surface area contributed by atoms with Crippen molar-refractivity contribution in [3.63, 3.8) is 0 Å². The molecule has 0 saturated heterocycles. The quantitative estimate of drug-likeness (QED) is 0.766. The molecule has 0 unspecified atom stereocenters. The third-order valence-electron chi connectivity index (χ3n) is 1.61. The second kappa shape index (κ2) is 3.83. The highest BCUT2D eigenvalue weighted by Gasteiger charge is 2.07. The molecule has 0 amide bonds. The van der Waals surface area contributed by atoms with Gasteiger partial charge in [0.25, 0.3) is 0 Å². The smallest absolute Gasteiger partial charge is 0.155 e. The molecule has 0 saturated carbocycles. The Morgan fingerprint density at radius 2 is 2.17 bits per heavy atom. The van der Waals surface area contributed by atoms with Crippen LogP contribution in [0.5, 0.6) is 0 Å². The molecule has 12 heavy (non-hydrogen) atoms. The van der Waals surface area contributed by atoms with Gasteiger partial charge in [0.05, 0.1) is 12.3 Å². The first-order chi connectivity index (χ1) is 5.65. The van der Waals surface area contributed by atoms with Gasteiger partial charge in [-0.1, -0.05) is 25.4 Å². The topological polar surface area (TPSA) is 46.0 Å². The lowest BCUT2D eigenvalue weighted by Gasteiger charge is -2.06. The molecule has 0 fully saturated rings. The Morgan fingerprint density at radius 1 is 1.50 bits per heavy atom. The zero-order valence-corrected chi connectivity index (χ0v) is 7.84. The van der Waals surface area contributed by atoms with Crippen molar-refractivity contribution < 1.29 is 5.11 Å². The van der Waals surface area contributed by atoms with Gasteiger partial charge in [-0.05, 0) is 17.5 Å². The second-order valence-electron chi connectivity index (χ2n) is 2.89. The minimum Gasteiger partial charge on any atom is -0.390 e. The number of aliphatic hydroxyl groups is 1. The third-order valence-corrected chi connectivity index (χ3v) is 1.90. The van der Waals surface area contributed by atoms with Gasteiger partial charge in [0.1, 0.15) is 0 Å². The van der Waals surface area contributed by atoms with E-state index >= 15 is 0 Å². The lowest BCUT2D eigenvalue weighted by Crippen LogP contribution is -1.98. The van der Waals surface area contributed by atoms with Gasteiger partial charge in [-0.15, -0.1) is 5.10 Å². The standard InChI is InChI=1S/C8H11ClN2O/c1-5(2)7-3-6(4-12)10-11-8(7)9/h3,5,12H,4H2,1-2H3. The summed E-state index contributed by atoms with van der Waals surface area (Å²) in [5.41, 5.74) is 1.49. The lowest BCUT2D eigenvalue weighted by atomic mass is 10.1. The molecule has 0 aromatic carbocycles. The van der Waals surface area contributed by atoms with Crippen molar-refractivity contribution in [1.29, 1.82) is 0 Å². The van der Waals surface area contributed by atoms with Crippen LogP contribution >= 0.6 is 11.6 Å². The average molecular weight is 187 g/mol. The van der Waals surface area contributed by atoms with Crippen molar-refractivity contribution >= 4 is 11.6 Å². The van der Waals surface area contributed by atoms with Crippen molar-refractivity contribution in [2.45, 2.75) is 26.4 Å². The minimum atomic E-state index is -0.0934. The fourth-order valence-electron chi connectivity index (χ4n) is 0.916. The normalized spacial score (nSPS) is 10.8. The Hall–Kier alpha value is -0.670. The maximum atomic E-state index is 8.79. The van der Waals surface area contributed by atoms with E-state index in [1.807, 2.05) is 13.8 Å². The molecule has 66 valence electrons. The summed E-state index contributed by atoms with van der Waals surface area (Å²) in [6.07, 6.45) is 0. The Balaban J connectivity index is 3.08. The number of aliphatic hydroxyl groups excluding tert-OH is 1. The predicted octanol–water partition coefficient (Wildman–Crippen LogP) is 1.75. The van der Waals surface area contributed by atoms with Gasteiger partial charge < -0.3 is 5.11 Å². The van der Waals surface area contributed by atoms with E-state index in [0.717, 1.165) is 5.56 Å². The van der Waals surface area contributed by atoms with Gasteiger partial charge in [-0.25, -0.2) is 0 Å². The number of halogens is 1. The highest BCUT2D eigenvalue weighted by Crippen LogP contribution is 2.21. The van der Waals surface area contributed by atoms with E-state index in [-0.39, 0.29) is 6.61 Å². The molecule has 0 radical (unpaired) electrons. The number of nitrogens with zero attached hydrogens (tertiary/aromatic N) is 2. The molecule has 3 nitrogen and oxygen atoms in total. The molecule has 0 bridgehead atoms. The maximum Gasteiger partial charge on any atom is 0.155 e. The monoisotopic (exact) mass is 186 g/mol. The Labute approximate surface area is 76.4 Å². The van der Waals surface area contributed by atoms with Gasteiger partial charge in [0, 0.05) is 0 Å². The van der Waals surface area contributed by atoms with Crippen LogP contribution in [-0.2, 0) is 6.61 Å². The Morgan fingerprint density at radius 3 is 2.67 bits per heavy atom. The van der Waals surface area contributed by atoms with Gasteiger partial charge in [-0.2, -0.15) is 5.10 Å². The van der Waals surface area contributed by atoms with Crippen molar-refractivity contribution in [1.82, 2.24) is 10.2 Å². The van der Waals surface area contributed by atoms with Crippen molar-refractivity contribution in [3.05, 3.63) is 22.5 Å². The van der Waals surface area contributed by atoms with Crippen LogP contribution in [-0.4, -0.2) is 15.3 Å². The van der Waals surface area contributed by atoms with Crippen molar-refractivity contribution in [2.24, 2.45) is 0 Å². The van der Waals surface area contributed by atoms with E-state index in [9.17, 15) is 0 Å². The summed E-state index contributed by atoms with van der Waals surface area (Å²) < 4.78 is 0. The van der Waals surface area contributed by atoms with Crippen LogP contribution in [0.3, 0.4) is 0 Å². The maximum absolute atomic E-state index is 8.79. The molecule has 1 aromatic heterocycles. The first-order valence-electron chi connectivity index (χ1n) is 3.78. The summed E-state index contributed by atoms with van der Waals surface area (Å²) in [4.78, 5) is 0. The summed E-state index contributed by atoms with van der Waals surface area (Å²) in [7, 11) is 0. The molecule has 1 heterocycles. The van der Waals surface area contributed by atoms with Crippen LogP contribution in [0.4, 0.5) is 0 Å². The van der Waals surface area contributed by atoms with Gasteiger partial charge >= 0.3 is 0 Å². The molecule has 0 aliphatic carbocycles. The number of rotatable bonds is 2. The molecule has 0 aliphatic heterocycles. The van der Waals surface area contributed by atoms with Crippen LogP contribution in [0, 0.1) is 0 Å². The molecule has 0 spiro atoms. The molecule has 0 aliphatic rings. The van der Waals surface area contributed by atoms with E-state index in [2.05, 4.69) is 10.2 Å². The lowest BCUT2D eigenvalue weighted by molar-refractivity contribution is 0.275. The summed E-state index contributed by atoms with van der Waals surface area (Å²) in [6, 6.07) is 1.78. The van der Waals surface area contributed by atoms with Crippen LogP contribution < -0.4 is 0 Å². The highest BCUT2D eigenvalue weighted by molar-refractivity contribution is 6.30. The Bertz CT molecular complexity index is 276. The molecular formula is C8H11ClN2O. The predicted molar refractivity (Wildman–Crippen MR) is 47.1 cm³/mol. The molecule has 1 N–H and O–H groups in total. The molecule has 1 aromatic rings. The van der Waals surface area contributed by atoms with E-state index in [1.165, 1.54) is 0 Å². The van der Waals surface area contributed by atoms with E-state index in [1.54, 1.807) is 6.07 Å². The average Bonchev–Trinajstić information content (AvgIpc) is 2.05. The van der Waals surface area contributed by atoms with E-state index in [4.69, 9.17) is 16.7 Å². The first-order valence-corrected chi connectivity index (χ1v) is 4.15. The first kappa shape index (κ1) is 9.42. The van der Waals surface area contributed by atoms with Crippen LogP contribution in [0.1, 0.15) is 31.0 Å². The number of hydrogen-bond acceptors (Lipinski definition) is 3. The van der Waals surface area contributed by atoms with Gasteiger partial charge in [0.15, 0.2) is 5.15 Å². The largest absolute Gasteiger partial charge is 0.390 e. The summed E-state index contributed by atoms with van der Waals surface area (Å²) >= 11 is 5.79. The number of hydrogen-bond donors (Lipinski definition) is 1. The van der Waals surface area contributed by atoms with Crippen LogP contribution in [0.2, 0.25) is 5.15 Å². The fraction of sp³-hybridized carbons (Fsp3) is 0.500. The summed E-state index contributed by atoms with van der Waals surface area (Å²) in [5.74, 6) is 0.304. The van der Waals surface area contributed by atoms with E-state index in [0.29, 0.717) is 16.8 Å². The van der Waals surface area contributed by atoms with E-state index < -0.39 is 0 Å². The van der Waals surface area contributed by atoms with Crippen LogP contribution in [0.25, 0.3) is 0 Å². The second-order valence-corrected chi connectivity index (χ2v) is 3.25. The van der Waals surface area contributed by atoms with Crippen molar-refractivity contribution in [3.8, 4) is 0 Å². The molecule has 1 rings (SSSR count). The fourth-order valence-corrected chi connectivity index (χ4v) is 1.23.